The van der Waals surface area contributed by atoms with Crippen LogP contribution in [-0.4, -0.2) is 23.9 Å². The van der Waals surface area contributed by atoms with Crippen molar-refractivity contribution in [3.63, 3.8) is 0 Å². The molecule has 26 heavy (non-hydrogen) atoms. The zero-order valence-corrected chi connectivity index (χ0v) is 15.5. The van der Waals surface area contributed by atoms with Crippen molar-refractivity contribution in [3.8, 4) is 0 Å². The minimum atomic E-state index is -0.897. The minimum Gasteiger partial charge on any atom is -0.352 e. The number of carbonyl (C=O) groups is 3. The van der Waals surface area contributed by atoms with Crippen LogP contribution in [0.4, 0.5) is 4.79 Å². The first-order valence-electron chi connectivity index (χ1n) is 8.20. The highest BCUT2D eigenvalue weighted by Crippen LogP contribution is 2.21. The minimum absolute atomic E-state index is 0.254. The summed E-state index contributed by atoms with van der Waals surface area (Å²) in [5, 5.41) is 2.39. The Hall–Kier alpha value is -2.87. The quantitative estimate of drug-likeness (QED) is 0.577. The molecule has 0 saturated carbocycles. The van der Waals surface area contributed by atoms with Crippen LogP contribution in [0.15, 0.2) is 36.4 Å². The van der Waals surface area contributed by atoms with Gasteiger partial charge in [-0.05, 0) is 30.5 Å². The van der Waals surface area contributed by atoms with Crippen LogP contribution in [-0.2, 0) is 17.6 Å². The summed E-state index contributed by atoms with van der Waals surface area (Å²) in [6, 6.07) is 9.27. The highest BCUT2D eigenvalue weighted by Gasteiger charge is 2.21. The van der Waals surface area contributed by atoms with Gasteiger partial charge in [-0.25, -0.2) is 4.79 Å². The number of rotatable bonds is 6. The van der Waals surface area contributed by atoms with Crippen LogP contribution in [0.3, 0.4) is 0 Å². The fourth-order valence-corrected chi connectivity index (χ4v) is 3.49. The third-order valence-electron chi connectivity index (χ3n) is 3.78. The first kappa shape index (κ1) is 19.5. The van der Waals surface area contributed by atoms with Crippen LogP contribution in [0.2, 0.25) is 0 Å². The lowest BCUT2D eigenvalue weighted by atomic mass is 10.1. The number of primary amides is 1. The van der Waals surface area contributed by atoms with Crippen LogP contribution < -0.4 is 21.9 Å². The number of amides is 4. The molecule has 1 aromatic carbocycles. The topological polar surface area (TPSA) is 113 Å². The average molecular weight is 374 g/mol. The summed E-state index contributed by atoms with van der Waals surface area (Å²) < 4.78 is 0. The van der Waals surface area contributed by atoms with E-state index >= 15 is 0 Å². The van der Waals surface area contributed by atoms with Crippen molar-refractivity contribution < 1.29 is 14.4 Å². The highest BCUT2D eigenvalue weighted by molar-refractivity contribution is 7.14. The van der Waals surface area contributed by atoms with Crippen LogP contribution >= 0.6 is 11.3 Å². The Bertz CT molecular complexity index is 789. The molecule has 0 aliphatic carbocycles. The van der Waals surface area contributed by atoms with Crippen molar-refractivity contribution in [1.82, 2.24) is 16.2 Å². The summed E-state index contributed by atoms with van der Waals surface area (Å²) in [5.74, 6) is -0.950. The molecule has 0 aliphatic heterocycles. The lowest BCUT2D eigenvalue weighted by Gasteiger charge is -2.17. The highest BCUT2D eigenvalue weighted by atomic mass is 32.1. The largest absolute Gasteiger partial charge is 0.352 e. The van der Waals surface area contributed by atoms with Crippen molar-refractivity contribution in [1.29, 1.82) is 0 Å². The van der Waals surface area contributed by atoms with Gasteiger partial charge >= 0.3 is 6.03 Å². The number of hydrazine groups is 1. The summed E-state index contributed by atoms with van der Waals surface area (Å²) in [5.41, 5.74) is 11.8. The molecule has 0 fully saturated rings. The Labute approximate surface area is 155 Å². The molecular formula is C18H22N4O3S. The van der Waals surface area contributed by atoms with Gasteiger partial charge in [-0.2, -0.15) is 0 Å². The van der Waals surface area contributed by atoms with Crippen LogP contribution in [0, 0.1) is 6.92 Å². The summed E-state index contributed by atoms with van der Waals surface area (Å²) in [6.45, 7) is 3.96. The molecule has 8 heteroatoms. The molecule has 0 aliphatic rings. The number of aryl methyl sites for hydroxylation is 2. The SMILES string of the molecule is CCc1sc(C(=O)NNC(=O)[C@@H](Cc2ccccc2)NC(N)=O)cc1C. The van der Waals surface area contributed by atoms with Gasteiger partial charge in [-0.15, -0.1) is 11.3 Å². The maximum Gasteiger partial charge on any atom is 0.312 e. The zero-order valence-electron chi connectivity index (χ0n) is 14.7. The first-order chi connectivity index (χ1) is 12.4. The fourth-order valence-electron chi connectivity index (χ4n) is 2.48. The third kappa shape index (κ3) is 5.32. The number of carbonyl (C=O) groups excluding carboxylic acids is 3. The Kier molecular flexibility index (Phi) is 6.74. The third-order valence-corrected chi connectivity index (χ3v) is 5.16. The second-order valence-electron chi connectivity index (χ2n) is 5.76. The lowest BCUT2D eigenvalue weighted by Crippen LogP contribution is -2.54. The fraction of sp³-hybridized carbons (Fsp3) is 0.278. The van der Waals surface area contributed by atoms with E-state index in [0.29, 0.717) is 4.88 Å². The van der Waals surface area contributed by atoms with E-state index in [1.54, 1.807) is 6.07 Å². The standard InChI is InChI=1S/C18H22N4O3S/c1-3-14-11(2)9-15(26-14)17(24)22-21-16(23)13(20-18(19)25)10-12-7-5-4-6-8-12/h4-9,13H,3,10H2,1-2H3,(H,21,23)(H,22,24)(H3,19,20,25)/t13-/m1/s1. The number of hydrogen-bond acceptors (Lipinski definition) is 4. The lowest BCUT2D eigenvalue weighted by molar-refractivity contribution is -0.123. The molecule has 2 aromatic rings. The molecule has 1 atom stereocenters. The first-order valence-corrected chi connectivity index (χ1v) is 9.01. The Morgan fingerprint density at radius 1 is 1.15 bits per heavy atom. The molecule has 1 heterocycles. The van der Waals surface area contributed by atoms with Gasteiger partial charge in [0.25, 0.3) is 11.8 Å². The van der Waals surface area contributed by atoms with Crippen molar-refractivity contribution in [2.24, 2.45) is 5.73 Å². The molecule has 4 amide bonds. The molecule has 0 spiro atoms. The summed E-state index contributed by atoms with van der Waals surface area (Å²) in [6.07, 6.45) is 1.10. The van der Waals surface area contributed by atoms with Crippen LogP contribution in [0.25, 0.3) is 0 Å². The van der Waals surface area contributed by atoms with E-state index in [1.807, 2.05) is 44.2 Å². The van der Waals surface area contributed by atoms with E-state index in [1.165, 1.54) is 11.3 Å². The van der Waals surface area contributed by atoms with Gasteiger partial charge in [0.05, 0.1) is 4.88 Å². The molecule has 138 valence electrons. The molecule has 0 saturated heterocycles. The number of urea groups is 1. The summed E-state index contributed by atoms with van der Waals surface area (Å²) in [4.78, 5) is 37.4. The van der Waals surface area contributed by atoms with Crippen molar-refractivity contribution in [2.45, 2.75) is 32.7 Å². The van der Waals surface area contributed by atoms with Gasteiger partial charge in [-0.1, -0.05) is 37.3 Å². The van der Waals surface area contributed by atoms with E-state index in [2.05, 4.69) is 16.2 Å². The summed E-state index contributed by atoms with van der Waals surface area (Å²) >= 11 is 1.39. The maximum atomic E-state index is 12.4. The van der Waals surface area contributed by atoms with Crippen molar-refractivity contribution in [2.75, 3.05) is 0 Å². The monoisotopic (exact) mass is 374 g/mol. The van der Waals surface area contributed by atoms with Gasteiger partial charge in [0.2, 0.25) is 0 Å². The summed E-state index contributed by atoms with van der Waals surface area (Å²) in [7, 11) is 0. The molecule has 0 bridgehead atoms. The molecule has 1 aromatic heterocycles. The Balaban J connectivity index is 1.99. The van der Waals surface area contributed by atoms with E-state index in [9.17, 15) is 14.4 Å². The second-order valence-corrected chi connectivity index (χ2v) is 6.90. The molecule has 0 unspecified atom stereocenters. The molecule has 2 rings (SSSR count). The zero-order chi connectivity index (χ0) is 19.1. The predicted molar refractivity (Wildman–Crippen MR) is 101 cm³/mol. The number of nitrogens with one attached hydrogen (secondary N) is 3. The number of nitrogens with two attached hydrogens (primary N) is 1. The molecule has 0 radical (unpaired) electrons. The van der Waals surface area contributed by atoms with Crippen LogP contribution in [0.1, 0.15) is 32.6 Å². The Morgan fingerprint density at radius 2 is 1.85 bits per heavy atom. The molecule has 5 N–H and O–H groups in total. The Morgan fingerprint density at radius 3 is 2.42 bits per heavy atom. The molecular weight excluding hydrogens is 352 g/mol. The van der Waals surface area contributed by atoms with Crippen molar-refractivity contribution in [3.05, 3.63) is 57.3 Å². The average Bonchev–Trinajstić information content (AvgIpc) is 3.00. The smallest absolute Gasteiger partial charge is 0.312 e. The molecule has 7 nitrogen and oxygen atoms in total. The van der Waals surface area contributed by atoms with Gasteiger partial charge in [0.15, 0.2) is 0 Å². The predicted octanol–water partition coefficient (Wildman–Crippen LogP) is 1.66. The van der Waals surface area contributed by atoms with Gasteiger partial charge in [-0.3, -0.25) is 20.4 Å². The number of thiophene rings is 1. The van der Waals surface area contributed by atoms with Gasteiger partial charge in [0.1, 0.15) is 6.04 Å². The maximum absolute atomic E-state index is 12.4. The van der Waals surface area contributed by atoms with E-state index < -0.39 is 23.9 Å². The van der Waals surface area contributed by atoms with E-state index in [-0.39, 0.29) is 6.42 Å². The van der Waals surface area contributed by atoms with E-state index in [0.717, 1.165) is 22.4 Å². The second kappa shape index (κ2) is 9.00. The van der Waals surface area contributed by atoms with Crippen LogP contribution in [0.5, 0.6) is 0 Å². The number of hydrogen-bond donors (Lipinski definition) is 4. The van der Waals surface area contributed by atoms with E-state index in [4.69, 9.17) is 5.73 Å². The van der Waals surface area contributed by atoms with Gasteiger partial charge in [0, 0.05) is 11.3 Å². The normalized spacial score (nSPS) is 11.5. The van der Waals surface area contributed by atoms with Crippen molar-refractivity contribution >= 4 is 29.2 Å². The van der Waals surface area contributed by atoms with Gasteiger partial charge < -0.3 is 11.1 Å². The number of benzene rings is 1.